The van der Waals surface area contributed by atoms with Gasteiger partial charge in [-0.1, -0.05) is 29.3 Å². The second kappa shape index (κ2) is 4.52. The zero-order chi connectivity index (χ0) is 9.97. The second-order valence-electron chi connectivity index (χ2n) is 3.71. The molecule has 0 aromatic heterocycles. The molecule has 1 aromatic rings. The Kier molecular flexibility index (Phi) is 3.32. The van der Waals surface area contributed by atoms with Gasteiger partial charge < -0.3 is 5.32 Å². The van der Waals surface area contributed by atoms with E-state index in [0.29, 0.717) is 10.9 Å². The lowest BCUT2D eigenvalue weighted by atomic mass is 9.92. The molecule has 1 aromatic carbocycles. The molecule has 0 amide bonds. The van der Waals surface area contributed by atoms with Crippen LogP contribution in [0.15, 0.2) is 18.2 Å². The van der Waals surface area contributed by atoms with Crippen molar-refractivity contribution in [3.63, 3.8) is 0 Å². The summed E-state index contributed by atoms with van der Waals surface area (Å²) in [6.07, 6.45) is 2.44. The van der Waals surface area contributed by atoms with Crippen molar-refractivity contribution in [2.24, 2.45) is 0 Å². The van der Waals surface area contributed by atoms with E-state index >= 15 is 0 Å². The molecule has 0 unspecified atom stereocenters. The molecule has 1 saturated heterocycles. The smallest absolute Gasteiger partial charge is 0.0456 e. The van der Waals surface area contributed by atoms with Crippen LogP contribution >= 0.6 is 23.2 Å². The fourth-order valence-corrected chi connectivity index (χ4v) is 2.51. The molecule has 1 aliphatic heterocycles. The molecule has 0 spiro atoms. The van der Waals surface area contributed by atoms with Gasteiger partial charge in [0.1, 0.15) is 0 Å². The molecule has 76 valence electrons. The van der Waals surface area contributed by atoms with Crippen molar-refractivity contribution in [2.45, 2.75) is 18.8 Å². The largest absolute Gasteiger partial charge is 0.316 e. The number of piperidine rings is 1. The summed E-state index contributed by atoms with van der Waals surface area (Å²) in [6.45, 7) is 2.16. The third-order valence-electron chi connectivity index (χ3n) is 2.70. The predicted molar refractivity (Wildman–Crippen MR) is 61.3 cm³/mol. The summed E-state index contributed by atoms with van der Waals surface area (Å²) < 4.78 is 0. The van der Waals surface area contributed by atoms with E-state index in [1.165, 1.54) is 18.4 Å². The topological polar surface area (TPSA) is 12.0 Å². The minimum atomic E-state index is 0.550. The molecular formula is C11H13Cl2N. The summed E-state index contributed by atoms with van der Waals surface area (Å²) in [5.74, 6) is 0.550. The fraction of sp³-hybridized carbons (Fsp3) is 0.455. The van der Waals surface area contributed by atoms with Crippen LogP contribution in [0, 0.1) is 0 Å². The van der Waals surface area contributed by atoms with Gasteiger partial charge in [-0.3, -0.25) is 0 Å². The Morgan fingerprint density at radius 2 is 2.14 bits per heavy atom. The molecule has 1 aliphatic rings. The second-order valence-corrected chi connectivity index (χ2v) is 4.55. The third-order valence-corrected chi connectivity index (χ3v) is 3.26. The molecule has 1 fully saturated rings. The molecule has 14 heavy (non-hydrogen) atoms. The quantitative estimate of drug-likeness (QED) is 0.778. The van der Waals surface area contributed by atoms with Crippen molar-refractivity contribution in [1.29, 1.82) is 0 Å². The fourth-order valence-electron chi connectivity index (χ4n) is 1.95. The average molecular weight is 230 g/mol. The predicted octanol–water partition coefficient (Wildman–Crippen LogP) is 3.46. The molecule has 1 nitrogen and oxygen atoms in total. The normalized spacial score (nSPS) is 22.3. The molecule has 1 N–H and O–H groups in total. The van der Waals surface area contributed by atoms with Gasteiger partial charge in [-0.25, -0.2) is 0 Å². The van der Waals surface area contributed by atoms with E-state index in [4.69, 9.17) is 23.2 Å². The highest BCUT2D eigenvalue weighted by atomic mass is 35.5. The van der Waals surface area contributed by atoms with Crippen molar-refractivity contribution < 1.29 is 0 Å². The standard InChI is InChI=1S/C11H13Cl2N/c12-9-3-4-10(11(13)6-9)8-2-1-5-14-7-8/h3-4,6,8,14H,1-2,5,7H2/t8-/m0/s1. The van der Waals surface area contributed by atoms with Crippen LogP contribution < -0.4 is 5.32 Å². The van der Waals surface area contributed by atoms with Gasteiger partial charge in [-0.05, 0) is 43.0 Å². The van der Waals surface area contributed by atoms with Gasteiger partial charge in [0.2, 0.25) is 0 Å². The minimum absolute atomic E-state index is 0.550. The van der Waals surface area contributed by atoms with Gasteiger partial charge in [-0.2, -0.15) is 0 Å². The first kappa shape index (κ1) is 10.3. The molecule has 0 aliphatic carbocycles. The van der Waals surface area contributed by atoms with E-state index in [1.807, 2.05) is 18.2 Å². The van der Waals surface area contributed by atoms with Crippen LogP contribution in [0.5, 0.6) is 0 Å². The van der Waals surface area contributed by atoms with Crippen LogP contribution in [0.3, 0.4) is 0 Å². The average Bonchev–Trinajstić information content (AvgIpc) is 2.19. The highest BCUT2D eigenvalue weighted by Crippen LogP contribution is 2.31. The lowest BCUT2D eigenvalue weighted by Crippen LogP contribution is -2.28. The van der Waals surface area contributed by atoms with Gasteiger partial charge in [-0.15, -0.1) is 0 Å². The third kappa shape index (κ3) is 2.22. The maximum Gasteiger partial charge on any atom is 0.0456 e. The number of benzene rings is 1. The van der Waals surface area contributed by atoms with E-state index in [1.54, 1.807) is 0 Å². The summed E-state index contributed by atoms with van der Waals surface area (Å²) in [5.41, 5.74) is 1.23. The maximum absolute atomic E-state index is 6.15. The number of hydrogen-bond donors (Lipinski definition) is 1. The number of hydrogen-bond acceptors (Lipinski definition) is 1. The van der Waals surface area contributed by atoms with Gasteiger partial charge in [0.15, 0.2) is 0 Å². The summed E-state index contributed by atoms with van der Waals surface area (Å²) in [6, 6.07) is 5.78. The van der Waals surface area contributed by atoms with Crippen LogP contribution in [-0.4, -0.2) is 13.1 Å². The van der Waals surface area contributed by atoms with Crippen LogP contribution in [0.4, 0.5) is 0 Å². The van der Waals surface area contributed by atoms with Crippen molar-refractivity contribution in [2.75, 3.05) is 13.1 Å². The summed E-state index contributed by atoms with van der Waals surface area (Å²) in [5, 5.41) is 4.89. The summed E-state index contributed by atoms with van der Waals surface area (Å²) >= 11 is 12.0. The Labute approximate surface area is 94.4 Å². The molecule has 1 heterocycles. The number of rotatable bonds is 1. The lowest BCUT2D eigenvalue weighted by molar-refractivity contribution is 0.462. The Hall–Kier alpha value is -0.240. The number of nitrogens with one attached hydrogen (secondary N) is 1. The highest BCUT2D eigenvalue weighted by Gasteiger charge is 2.17. The van der Waals surface area contributed by atoms with E-state index in [2.05, 4.69) is 5.32 Å². The maximum atomic E-state index is 6.15. The Morgan fingerprint density at radius 1 is 1.29 bits per heavy atom. The minimum Gasteiger partial charge on any atom is -0.316 e. The Morgan fingerprint density at radius 3 is 2.79 bits per heavy atom. The monoisotopic (exact) mass is 229 g/mol. The molecular weight excluding hydrogens is 217 g/mol. The first-order chi connectivity index (χ1) is 6.77. The molecule has 0 bridgehead atoms. The zero-order valence-corrected chi connectivity index (χ0v) is 9.41. The molecule has 3 heteroatoms. The Balaban J connectivity index is 2.22. The SMILES string of the molecule is Clc1ccc([C@H]2CCCNC2)c(Cl)c1. The van der Waals surface area contributed by atoms with Crippen molar-refractivity contribution in [3.8, 4) is 0 Å². The van der Waals surface area contributed by atoms with Crippen LogP contribution in [0.25, 0.3) is 0 Å². The van der Waals surface area contributed by atoms with E-state index in [9.17, 15) is 0 Å². The van der Waals surface area contributed by atoms with E-state index in [0.717, 1.165) is 18.1 Å². The molecule has 0 radical (unpaired) electrons. The van der Waals surface area contributed by atoms with Crippen LogP contribution in [-0.2, 0) is 0 Å². The number of halogens is 2. The summed E-state index contributed by atoms with van der Waals surface area (Å²) in [7, 11) is 0. The van der Waals surface area contributed by atoms with E-state index in [-0.39, 0.29) is 0 Å². The molecule has 0 saturated carbocycles. The van der Waals surface area contributed by atoms with Gasteiger partial charge in [0.25, 0.3) is 0 Å². The Bertz CT molecular complexity index is 319. The zero-order valence-electron chi connectivity index (χ0n) is 7.89. The van der Waals surface area contributed by atoms with Gasteiger partial charge in [0, 0.05) is 16.6 Å². The van der Waals surface area contributed by atoms with Crippen LogP contribution in [0.2, 0.25) is 10.0 Å². The van der Waals surface area contributed by atoms with Gasteiger partial charge in [0.05, 0.1) is 0 Å². The summed E-state index contributed by atoms with van der Waals surface area (Å²) in [4.78, 5) is 0. The van der Waals surface area contributed by atoms with Crippen molar-refractivity contribution >= 4 is 23.2 Å². The van der Waals surface area contributed by atoms with Crippen molar-refractivity contribution in [3.05, 3.63) is 33.8 Å². The lowest BCUT2D eigenvalue weighted by Gasteiger charge is -2.23. The van der Waals surface area contributed by atoms with E-state index < -0.39 is 0 Å². The highest BCUT2D eigenvalue weighted by molar-refractivity contribution is 6.35. The van der Waals surface area contributed by atoms with Crippen LogP contribution in [0.1, 0.15) is 24.3 Å². The molecule has 1 atom stereocenters. The van der Waals surface area contributed by atoms with Gasteiger partial charge >= 0.3 is 0 Å². The first-order valence-electron chi connectivity index (χ1n) is 4.93. The first-order valence-corrected chi connectivity index (χ1v) is 5.68. The van der Waals surface area contributed by atoms with Crippen molar-refractivity contribution in [1.82, 2.24) is 5.32 Å². The molecule has 2 rings (SSSR count).